The molecule has 43 heavy (non-hydrogen) atoms. The summed E-state index contributed by atoms with van der Waals surface area (Å²) in [5.41, 5.74) is -1.83. The Hall–Kier alpha value is -3.35. The summed E-state index contributed by atoms with van der Waals surface area (Å²) in [6, 6.07) is 8.68. The van der Waals surface area contributed by atoms with E-state index in [-0.39, 0.29) is 44.0 Å². The van der Waals surface area contributed by atoms with Crippen molar-refractivity contribution in [2.24, 2.45) is 0 Å². The molecule has 2 aliphatic heterocycles. The van der Waals surface area contributed by atoms with E-state index in [0.717, 1.165) is 0 Å². The van der Waals surface area contributed by atoms with Crippen molar-refractivity contribution in [3.05, 3.63) is 79.9 Å². The molecule has 1 aromatic carbocycles. The fourth-order valence-electron chi connectivity index (χ4n) is 5.14. The first-order valence-corrected chi connectivity index (χ1v) is 15.3. The van der Waals surface area contributed by atoms with Crippen LogP contribution in [0.15, 0.2) is 46.1 Å². The third-order valence-electron chi connectivity index (χ3n) is 7.18. The summed E-state index contributed by atoms with van der Waals surface area (Å²) in [6.45, 7) is 17.7. The quantitative estimate of drug-likeness (QED) is 0.126. The highest BCUT2D eigenvalue weighted by molar-refractivity contribution is 7.44. The monoisotopic (exact) mass is 612 g/mol. The van der Waals surface area contributed by atoms with Crippen LogP contribution in [0, 0.1) is 18.4 Å². The second-order valence-corrected chi connectivity index (χ2v) is 12.1. The van der Waals surface area contributed by atoms with Crippen molar-refractivity contribution in [2.75, 3.05) is 26.4 Å². The van der Waals surface area contributed by atoms with E-state index >= 15 is 0 Å². The van der Waals surface area contributed by atoms with Crippen molar-refractivity contribution < 1.29 is 28.1 Å². The molecule has 0 spiro atoms. The van der Waals surface area contributed by atoms with Crippen molar-refractivity contribution in [3.8, 4) is 11.8 Å². The number of aromatic amines is 1. The molecule has 2 aliphatic rings. The average molecular weight is 613 g/mol. The first-order chi connectivity index (χ1) is 20.6. The molecule has 2 unspecified atom stereocenters. The lowest BCUT2D eigenvalue weighted by molar-refractivity contribution is -0.175. The molecule has 0 amide bonds. The number of ether oxygens (including phenoxy) is 3. The van der Waals surface area contributed by atoms with Gasteiger partial charge in [0.05, 0.1) is 12.2 Å². The number of H-pyrrole nitrogens is 1. The zero-order valence-corrected chi connectivity index (χ0v) is 25.8. The lowest BCUT2D eigenvalue weighted by Crippen LogP contribution is -2.43. The van der Waals surface area contributed by atoms with Crippen LogP contribution in [-0.2, 0) is 23.3 Å². The number of hydrogen-bond acceptors (Lipinski definition) is 9. The summed E-state index contributed by atoms with van der Waals surface area (Å²) < 4.78 is 33.9. The second-order valence-electron chi connectivity index (χ2n) is 10.7. The molecule has 2 fully saturated rings. The van der Waals surface area contributed by atoms with Gasteiger partial charge in [-0.15, -0.1) is 0 Å². The van der Waals surface area contributed by atoms with E-state index in [1.54, 1.807) is 30.3 Å². The Kier molecular flexibility index (Phi) is 10.9. The average Bonchev–Trinajstić information content (AvgIpc) is 3.48. The van der Waals surface area contributed by atoms with Crippen molar-refractivity contribution in [1.29, 1.82) is 0 Å². The van der Waals surface area contributed by atoms with Crippen LogP contribution in [0.2, 0.25) is 0 Å². The molecule has 12 nitrogen and oxygen atoms in total. The van der Waals surface area contributed by atoms with Gasteiger partial charge in [0.25, 0.3) is 14.1 Å². The number of aromatic nitrogens is 2. The van der Waals surface area contributed by atoms with E-state index in [1.165, 1.54) is 10.8 Å². The first kappa shape index (κ1) is 32.6. The lowest BCUT2D eigenvalue weighted by atomic mass is 9.96. The number of nitrogens with zero attached hydrogens (tertiary/aromatic N) is 3. The molecule has 5 atom stereocenters. The van der Waals surface area contributed by atoms with Gasteiger partial charge in [0.2, 0.25) is 6.54 Å². The molecule has 3 heterocycles. The van der Waals surface area contributed by atoms with Crippen LogP contribution in [0.25, 0.3) is 4.85 Å². The fourth-order valence-corrected chi connectivity index (χ4v) is 6.95. The van der Waals surface area contributed by atoms with Crippen molar-refractivity contribution in [3.63, 3.8) is 0 Å². The summed E-state index contributed by atoms with van der Waals surface area (Å²) in [7, 11) is -1.59. The largest absolute Gasteiger partial charge is 0.449 e. The summed E-state index contributed by atoms with van der Waals surface area (Å²) in [5.74, 6) is 4.81. The third kappa shape index (κ3) is 7.25. The maximum Gasteiger partial charge on any atom is 0.339 e. The minimum atomic E-state index is -1.59. The molecule has 0 aliphatic carbocycles. The number of benzene rings is 1. The Labute approximate surface area is 252 Å². The molecule has 4 rings (SSSR count). The smallest absolute Gasteiger partial charge is 0.339 e. The van der Waals surface area contributed by atoms with Gasteiger partial charge < -0.3 is 28.1 Å². The maximum atomic E-state index is 13.0. The molecule has 1 N–H and O–H groups in total. The van der Waals surface area contributed by atoms with Gasteiger partial charge in [0.15, 0.2) is 12.8 Å². The number of fused-ring (bicyclic) bond motifs is 2. The van der Waals surface area contributed by atoms with Crippen LogP contribution >= 0.6 is 8.53 Å². The highest BCUT2D eigenvalue weighted by Gasteiger charge is 2.63. The number of esters is 1. The molecule has 230 valence electrons. The van der Waals surface area contributed by atoms with E-state index < -0.39 is 49.8 Å². The van der Waals surface area contributed by atoms with Gasteiger partial charge in [-0.1, -0.05) is 37.0 Å². The highest BCUT2D eigenvalue weighted by atomic mass is 31.2. The SMILES string of the molecule is [C-]#[N+]CCOP(OC1[C@@H]2OC[C@]1(CC)O[C@H]2n1cc(C#CCOC(=O)c2ccccc2)c(=O)[nH]c1=O)N(C(C)C)C(C)C. The Balaban J connectivity index is 1.56. The zero-order chi connectivity index (χ0) is 31.1. The Morgan fingerprint density at radius 1 is 1.26 bits per heavy atom. The third-order valence-corrected chi connectivity index (χ3v) is 9.29. The van der Waals surface area contributed by atoms with Crippen LogP contribution in [0.4, 0.5) is 0 Å². The summed E-state index contributed by atoms with van der Waals surface area (Å²) in [4.78, 5) is 43.4. The minimum Gasteiger partial charge on any atom is -0.449 e. The fraction of sp³-hybridized carbons (Fsp3) is 0.533. The predicted octanol–water partition coefficient (Wildman–Crippen LogP) is 3.49. The van der Waals surface area contributed by atoms with Crippen LogP contribution in [0.5, 0.6) is 0 Å². The molecule has 2 aromatic rings. The van der Waals surface area contributed by atoms with Gasteiger partial charge >= 0.3 is 11.7 Å². The van der Waals surface area contributed by atoms with E-state index in [2.05, 4.69) is 54.0 Å². The number of hydrogen-bond donors (Lipinski definition) is 1. The molecule has 1 aromatic heterocycles. The molecule has 0 radical (unpaired) electrons. The number of rotatable bonds is 12. The molecule has 2 bridgehead atoms. The lowest BCUT2D eigenvalue weighted by Gasteiger charge is -2.38. The summed E-state index contributed by atoms with van der Waals surface area (Å²) in [6.07, 6.45) is -0.284. The topological polar surface area (TPSA) is 126 Å². The first-order valence-electron chi connectivity index (χ1n) is 14.2. The molecular weight excluding hydrogens is 575 g/mol. The van der Waals surface area contributed by atoms with E-state index in [9.17, 15) is 14.4 Å². The minimum absolute atomic E-state index is 0.000250. The zero-order valence-electron chi connectivity index (χ0n) is 24.9. The van der Waals surface area contributed by atoms with Gasteiger partial charge in [-0.2, -0.15) is 0 Å². The van der Waals surface area contributed by atoms with Gasteiger partial charge in [-0.25, -0.2) is 20.8 Å². The van der Waals surface area contributed by atoms with Crippen LogP contribution < -0.4 is 11.2 Å². The number of carbonyl (C=O) groups excluding carboxylic acids is 1. The van der Waals surface area contributed by atoms with Crippen molar-refractivity contribution in [1.82, 2.24) is 14.2 Å². The predicted molar refractivity (Wildman–Crippen MR) is 159 cm³/mol. The van der Waals surface area contributed by atoms with E-state index in [4.69, 9.17) is 29.8 Å². The Morgan fingerprint density at radius 2 is 1.98 bits per heavy atom. The maximum absolute atomic E-state index is 13.0. The van der Waals surface area contributed by atoms with Gasteiger partial charge in [-0.3, -0.25) is 14.3 Å². The molecule has 2 saturated heterocycles. The standard InChI is InChI=1S/C30H37N4O8P/c1-7-30-19-39-24(25(30)42-43(40-17-15-31-6)34(20(2)3)21(4)5)27(41-30)33-18-23(26(35)32-29(33)37)14-11-16-38-28(36)22-12-9-8-10-13-22/h8-10,12-13,18,20-21,24-25,27H,7,15-17,19H2,1-5H3,(H,32,35,37)/t24-,25?,27+,30-,43?/m0/s1. The molecule has 0 saturated carbocycles. The molecule has 13 heteroatoms. The van der Waals surface area contributed by atoms with Gasteiger partial charge in [0.1, 0.15) is 30.0 Å². The van der Waals surface area contributed by atoms with Crippen LogP contribution in [0.3, 0.4) is 0 Å². The Morgan fingerprint density at radius 3 is 2.63 bits per heavy atom. The summed E-state index contributed by atoms with van der Waals surface area (Å²) >= 11 is 0. The highest BCUT2D eigenvalue weighted by Crippen LogP contribution is 2.55. The van der Waals surface area contributed by atoms with Crippen molar-refractivity contribution >= 4 is 14.5 Å². The van der Waals surface area contributed by atoms with Crippen LogP contribution in [-0.4, -0.2) is 76.4 Å². The number of nitrogens with one attached hydrogen (secondary N) is 1. The van der Waals surface area contributed by atoms with E-state index in [0.29, 0.717) is 12.0 Å². The molecular formula is C30H37N4O8P. The van der Waals surface area contributed by atoms with E-state index in [1.807, 2.05) is 6.92 Å². The van der Waals surface area contributed by atoms with Gasteiger partial charge in [-0.05, 0) is 46.2 Å². The summed E-state index contributed by atoms with van der Waals surface area (Å²) in [5, 5.41) is 0. The van der Waals surface area contributed by atoms with Crippen molar-refractivity contribution in [2.45, 2.75) is 77.2 Å². The van der Waals surface area contributed by atoms with Gasteiger partial charge in [0, 0.05) is 18.3 Å². The normalized spacial score (nSPS) is 23.3. The number of carbonyl (C=O) groups is 1. The van der Waals surface area contributed by atoms with Crippen LogP contribution in [0.1, 0.15) is 63.2 Å². The second kappa shape index (κ2) is 14.4. The Bertz CT molecular complexity index is 1480.